The highest BCUT2D eigenvalue weighted by molar-refractivity contribution is 9.10. The summed E-state index contributed by atoms with van der Waals surface area (Å²) in [7, 11) is 0. The van der Waals surface area contributed by atoms with Gasteiger partial charge in [0.25, 0.3) is 0 Å². The highest BCUT2D eigenvalue weighted by atomic mass is 79.9. The molecule has 70 valence electrons. The fraction of sp³-hybridized carbons (Fsp3) is 0. The van der Waals surface area contributed by atoms with Gasteiger partial charge in [0.1, 0.15) is 5.69 Å². The van der Waals surface area contributed by atoms with E-state index in [0.717, 1.165) is 5.01 Å². The molecule has 0 bridgehead atoms. The van der Waals surface area contributed by atoms with E-state index in [9.17, 15) is 4.39 Å². The zero-order valence-corrected chi connectivity index (χ0v) is 8.20. The van der Waals surface area contributed by atoms with Crippen molar-refractivity contribution in [1.82, 2.24) is 4.98 Å². The number of rotatable bonds is 2. The van der Waals surface area contributed by atoms with Gasteiger partial charge in [-0.25, -0.2) is 10.8 Å². The number of anilines is 1. The molecule has 0 aliphatic heterocycles. The first-order valence-corrected chi connectivity index (χ1v) is 4.18. The number of halogens is 2. The average molecular weight is 247 g/mol. The second-order valence-corrected chi connectivity index (χ2v) is 3.13. The molecule has 0 spiro atoms. The number of pyridine rings is 1. The summed E-state index contributed by atoms with van der Waals surface area (Å²) in [6.45, 7) is 0. The van der Waals surface area contributed by atoms with Gasteiger partial charge in [0, 0.05) is 23.1 Å². The fourth-order valence-corrected chi connectivity index (χ4v) is 1.09. The monoisotopic (exact) mass is 246 g/mol. The molecule has 0 fully saturated rings. The summed E-state index contributed by atoms with van der Waals surface area (Å²) >= 11 is 3.15. The smallest absolute Gasteiger partial charge is 0.238 e. The Kier molecular flexibility index (Phi) is 3.21. The van der Waals surface area contributed by atoms with Crippen LogP contribution in [0.25, 0.3) is 0 Å². The van der Waals surface area contributed by atoms with Crippen molar-refractivity contribution in [3.8, 4) is 0 Å². The summed E-state index contributed by atoms with van der Waals surface area (Å²) < 4.78 is 13.7. The minimum absolute atomic E-state index is 0.149. The summed E-state index contributed by atoms with van der Waals surface area (Å²) in [5, 5.41) is 1.05. The van der Waals surface area contributed by atoms with E-state index >= 15 is 0 Å². The molecule has 6 heteroatoms. The van der Waals surface area contributed by atoms with E-state index in [4.69, 9.17) is 11.6 Å². The van der Waals surface area contributed by atoms with Gasteiger partial charge in [0.2, 0.25) is 5.95 Å². The van der Waals surface area contributed by atoms with Gasteiger partial charge in [-0.3, -0.25) is 5.01 Å². The Balaban J connectivity index is 3.05. The molecular weight excluding hydrogens is 239 g/mol. The largest absolute Gasteiger partial charge is 0.403 e. The van der Waals surface area contributed by atoms with Crippen LogP contribution in [0.5, 0.6) is 0 Å². The van der Waals surface area contributed by atoms with Crippen LogP contribution in [-0.4, -0.2) is 4.98 Å². The minimum atomic E-state index is -0.649. The van der Waals surface area contributed by atoms with Crippen LogP contribution in [0, 0.1) is 5.95 Å². The van der Waals surface area contributed by atoms with Crippen LogP contribution in [0.3, 0.4) is 0 Å². The Morgan fingerprint density at radius 3 is 2.92 bits per heavy atom. The van der Waals surface area contributed by atoms with Crippen molar-refractivity contribution >= 4 is 21.6 Å². The van der Waals surface area contributed by atoms with Crippen LogP contribution < -0.4 is 16.6 Å². The minimum Gasteiger partial charge on any atom is -0.403 e. The lowest BCUT2D eigenvalue weighted by Crippen LogP contribution is -2.25. The van der Waals surface area contributed by atoms with Crippen molar-refractivity contribution < 1.29 is 4.39 Å². The number of nitrogens with two attached hydrogens (primary N) is 2. The summed E-state index contributed by atoms with van der Waals surface area (Å²) in [6, 6.07) is 1.50. The Bertz CT molecular complexity index is 328. The van der Waals surface area contributed by atoms with Gasteiger partial charge in [-0.2, -0.15) is 4.39 Å². The van der Waals surface area contributed by atoms with E-state index in [2.05, 4.69) is 20.9 Å². The molecule has 13 heavy (non-hydrogen) atoms. The molecule has 0 aliphatic rings. The maximum absolute atomic E-state index is 13.0. The number of hydrogen-bond donors (Lipinski definition) is 2. The Labute approximate surface area is 83.1 Å². The van der Waals surface area contributed by atoms with Crippen LogP contribution in [-0.2, 0) is 0 Å². The lowest BCUT2D eigenvalue weighted by atomic mass is 10.4. The van der Waals surface area contributed by atoms with E-state index in [0.29, 0.717) is 4.47 Å². The highest BCUT2D eigenvalue weighted by Gasteiger charge is 2.07. The van der Waals surface area contributed by atoms with Crippen LogP contribution in [0.2, 0.25) is 0 Å². The first-order valence-electron chi connectivity index (χ1n) is 3.38. The zero-order chi connectivity index (χ0) is 9.84. The predicted octanol–water partition coefficient (Wildman–Crippen LogP) is 1.09. The lowest BCUT2D eigenvalue weighted by Gasteiger charge is -2.13. The van der Waals surface area contributed by atoms with Crippen LogP contribution >= 0.6 is 15.9 Å². The van der Waals surface area contributed by atoms with Crippen LogP contribution in [0.1, 0.15) is 0 Å². The summed E-state index contributed by atoms with van der Waals surface area (Å²) in [5.41, 5.74) is 5.25. The van der Waals surface area contributed by atoms with Gasteiger partial charge in [-0.15, -0.1) is 0 Å². The molecule has 0 aliphatic carbocycles. The van der Waals surface area contributed by atoms with Crippen molar-refractivity contribution in [3.05, 3.63) is 35.1 Å². The van der Waals surface area contributed by atoms with Crippen LogP contribution in [0.15, 0.2) is 29.1 Å². The van der Waals surface area contributed by atoms with Gasteiger partial charge in [0.05, 0.1) is 0 Å². The normalized spacial score (nSPS) is 10.7. The third-order valence-electron chi connectivity index (χ3n) is 1.31. The van der Waals surface area contributed by atoms with Crippen LogP contribution in [0.4, 0.5) is 10.1 Å². The molecular formula is C7H8BrFN4. The zero-order valence-electron chi connectivity index (χ0n) is 6.61. The molecule has 1 heterocycles. The molecule has 4 N–H and O–H groups in total. The second-order valence-electron chi connectivity index (χ2n) is 2.21. The Morgan fingerprint density at radius 1 is 1.62 bits per heavy atom. The topological polar surface area (TPSA) is 68.2 Å². The van der Waals surface area contributed by atoms with E-state index in [1.165, 1.54) is 24.7 Å². The quantitative estimate of drug-likeness (QED) is 0.466. The van der Waals surface area contributed by atoms with E-state index in [1.54, 1.807) is 0 Å². The highest BCUT2D eigenvalue weighted by Crippen LogP contribution is 2.19. The Hall–Kier alpha value is -1.14. The van der Waals surface area contributed by atoms with Gasteiger partial charge in [-0.1, -0.05) is 0 Å². The molecule has 0 unspecified atom stereocenters. The average Bonchev–Trinajstić information content (AvgIpc) is 2.09. The molecule has 0 aromatic carbocycles. The Morgan fingerprint density at radius 2 is 2.31 bits per heavy atom. The van der Waals surface area contributed by atoms with E-state index in [-0.39, 0.29) is 5.69 Å². The number of hydrogen-bond acceptors (Lipinski definition) is 4. The van der Waals surface area contributed by atoms with Crippen molar-refractivity contribution in [2.24, 2.45) is 11.6 Å². The maximum Gasteiger partial charge on any atom is 0.238 e. The molecule has 0 atom stereocenters. The number of aromatic nitrogens is 1. The maximum atomic E-state index is 13.0. The lowest BCUT2D eigenvalue weighted by molar-refractivity contribution is 0.582. The van der Waals surface area contributed by atoms with E-state index in [1.807, 2.05) is 0 Å². The van der Waals surface area contributed by atoms with Gasteiger partial charge in [-0.05, 0) is 22.0 Å². The third-order valence-corrected chi connectivity index (χ3v) is 1.75. The first-order chi connectivity index (χ1) is 6.15. The predicted molar refractivity (Wildman–Crippen MR) is 51.9 cm³/mol. The summed E-state index contributed by atoms with van der Waals surface area (Å²) in [5.74, 6) is 4.79. The van der Waals surface area contributed by atoms with Crippen molar-refractivity contribution in [3.63, 3.8) is 0 Å². The molecule has 4 nitrogen and oxygen atoms in total. The molecule has 0 radical (unpaired) electrons. The second kappa shape index (κ2) is 4.20. The number of hydrazine groups is 1. The third kappa shape index (κ3) is 2.40. The van der Waals surface area contributed by atoms with Crippen molar-refractivity contribution in [2.75, 3.05) is 5.01 Å². The molecule has 0 saturated carbocycles. The van der Waals surface area contributed by atoms with Gasteiger partial charge >= 0.3 is 0 Å². The van der Waals surface area contributed by atoms with E-state index < -0.39 is 5.95 Å². The molecule has 0 saturated heterocycles. The molecule has 1 aromatic rings. The fourth-order valence-electron chi connectivity index (χ4n) is 0.766. The SMILES string of the molecule is N/C=C\N(N)c1cc(Br)cnc1F. The van der Waals surface area contributed by atoms with Gasteiger partial charge < -0.3 is 5.73 Å². The van der Waals surface area contributed by atoms with Gasteiger partial charge in [0.15, 0.2) is 0 Å². The molecule has 1 rings (SSSR count). The first kappa shape index (κ1) is 9.94. The number of nitrogens with zero attached hydrogens (tertiary/aromatic N) is 2. The van der Waals surface area contributed by atoms with Crippen molar-refractivity contribution in [1.29, 1.82) is 0 Å². The van der Waals surface area contributed by atoms with Crippen molar-refractivity contribution in [2.45, 2.75) is 0 Å². The molecule has 0 amide bonds. The molecule has 1 aromatic heterocycles. The summed E-state index contributed by atoms with van der Waals surface area (Å²) in [4.78, 5) is 3.47. The standard InChI is InChI=1S/C7H8BrFN4/c8-5-3-6(7(9)12-4-5)13(11)2-1-10/h1-4H,10-11H2/b2-1-. The summed E-state index contributed by atoms with van der Waals surface area (Å²) in [6.07, 6.45) is 3.88.